The molecule has 0 atom stereocenters. The lowest BCUT2D eigenvalue weighted by Gasteiger charge is -2.13. The van der Waals surface area contributed by atoms with Crippen LogP contribution in [0.5, 0.6) is 0 Å². The van der Waals surface area contributed by atoms with E-state index < -0.39 is 10.0 Å². The maximum Gasteiger partial charge on any atom is 0.263 e. The quantitative estimate of drug-likeness (QED) is 0.668. The largest absolute Gasteiger partial charge is 0.398 e. The summed E-state index contributed by atoms with van der Waals surface area (Å²) in [6, 6.07) is 8.12. The van der Waals surface area contributed by atoms with Crippen molar-refractivity contribution in [3.63, 3.8) is 0 Å². The Hall–Kier alpha value is -0.760. The minimum Gasteiger partial charge on any atom is -0.398 e. The van der Waals surface area contributed by atoms with Crippen molar-refractivity contribution < 1.29 is 8.42 Å². The summed E-state index contributed by atoms with van der Waals surface area (Å²) in [5, 5.41) is 0.249. The number of nitrogens with two attached hydrogens (primary N) is 1. The Morgan fingerprint density at radius 3 is 2.52 bits per heavy atom. The van der Waals surface area contributed by atoms with Crippen LogP contribution in [0.1, 0.15) is 5.56 Å². The second-order valence-electron chi connectivity index (χ2n) is 4.35. The van der Waals surface area contributed by atoms with Gasteiger partial charge in [-0.1, -0.05) is 23.7 Å². The fraction of sp³-hybridized carbons (Fsp3) is 0.0769. The van der Waals surface area contributed by atoms with E-state index in [1.54, 1.807) is 12.1 Å². The van der Waals surface area contributed by atoms with Crippen molar-refractivity contribution in [1.82, 2.24) is 0 Å². The highest BCUT2D eigenvalue weighted by Crippen LogP contribution is 2.34. The summed E-state index contributed by atoms with van der Waals surface area (Å²) >= 11 is 12.4. The lowest BCUT2D eigenvalue weighted by atomic mass is 10.2. The van der Waals surface area contributed by atoms with Crippen molar-refractivity contribution in [2.24, 2.45) is 0 Å². The lowest BCUT2D eigenvalue weighted by Crippen LogP contribution is -2.14. The number of halogens is 3. The first kappa shape index (κ1) is 16.6. The highest BCUT2D eigenvalue weighted by Gasteiger charge is 2.21. The number of rotatable bonds is 3. The highest BCUT2D eigenvalue weighted by molar-refractivity contribution is 9.11. The molecule has 0 aliphatic rings. The predicted octanol–water partition coefficient (Wildman–Crippen LogP) is 4.56. The van der Waals surface area contributed by atoms with Gasteiger partial charge in [0, 0.05) is 15.2 Å². The maximum absolute atomic E-state index is 12.5. The van der Waals surface area contributed by atoms with Crippen molar-refractivity contribution in [2.45, 2.75) is 11.8 Å². The van der Waals surface area contributed by atoms with Gasteiger partial charge in [0.1, 0.15) is 4.90 Å². The summed E-state index contributed by atoms with van der Waals surface area (Å²) in [7, 11) is -3.82. The molecule has 0 heterocycles. The molecule has 3 N–H and O–H groups in total. The smallest absolute Gasteiger partial charge is 0.263 e. The minimum atomic E-state index is -3.82. The second kappa shape index (κ2) is 6.16. The SMILES string of the molecule is Cc1cccc(NS(=O)(=O)c2cc(Cl)cc(N)c2Br)c1Br. The van der Waals surface area contributed by atoms with Crippen LogP contribution < -0.4 is 10.5 Å². The molecule has 0 bridgehead atoms. The zero-order valence-electron chi connectivity index (χ0n) is 10.8. The molecule has 8 heteroatoms. The van der Waals surface area contributed by atoms with E-state index in [9.17, 15) is 8.42 Å². The van der Waals surface area contributed by atoms with Crippen LogP contribution in [0.25, 0.3) is 0 Å². The average molecular weight is 455 g/mol. The van der Waals surface area contributed by atoms with Gasteiger partial charge in [-0.3, -0.25) is 4.72 Å². The van der Waals surface area contributed by atoms with Gasteiger partial charge in [-0.25, -0.2) is 8.42 Å². The van der Waals surface area contributed by atoms with Crippen molar-refractivity contribution in [3.05, 3.63) is 49.9 Å². The molecule has 21 heavy (non-hydrogen) atoms. The summed E-state index contributed by atoms with van der Waals surface area (Å²) < 4.78 is 28.5. The molecule has 0 unspecified atom stereocenters. The molecule has 4 nitrogen and oxygen atoms in total. The van der Waals surface area contributed by atoms with Crippen molar-refractivity contribution in [3.8, 4) is 0 Å². The monoisotopic (exact) mass is 452 g/mol. The van der Waals surface area contributed by atoms with Crippen LogP contribution in [-0.2, 0) is 10.0 Å². The van der Waals surface area contributed by atoms with Crippen LogP contribution in [0.4, 0.5) is 11.4 Å². The van der Waals surface area contributed by atoms with Gasteiger partial charge in [0.05, 0.1) is 10.2 Å². The topological polar surface area (TPSA) is 72.2 Å². The standard InChI is InChI=1S/C13H11Br2ClN2O2S/c1-7-3-2-4-10(12(7)14)18-21(19,20)11-6-8(16)5-9(17)13(11)15/h2-6,18H,17H2,1H3. The Morgan fingerprint density at radius 2 is 1.86 bits per heavy atom. The molecule has 0 radical (unpaired) electrons. The average Bonchev–Trinajstić information content (AvgIpc) is 2.39. The fourth-order valence-electron chi connectivity index (χ4n) is 1.71. The number of aryl methyl sites for hydroxylation is 1. The third-order valence-electron chi connectivity index (χ3n) is 2.76. The minimum absolute atomic E-state index is 0.0130. The molecule has 0 saturated carbocycles. The first-order valence-electron chi connectivity index (χ1n) is 5.75. The van der Waals surface area contributed by atoms with Gasteiger partial charge in [-0.2, -0.15) is 0 Å². The molecule has 112 valence electrons. The van der Waals surface area contributed by atoms with E-state index in [4.69, 9.17) is 17.3 Å². The molecule has 2 aromatic rings. The van der Waals surface area contributed by atoms with E-state index in [-0.39, 0.29) is 20.1 Å². The number of nitrogen functional groups attached to an aromatic ring is 1. The van der Waals surface area contributed by atoms with Crippen LogP contribution >= 0.6 is 43.5 Å². The zero-order valence-corrected chi connectivity index (χ0v) is 15.6. The zero-order chi connectivity index (χ0) is 15.8. The van der Waals surface area contributed by atoms with Crippen LogP contribution in [-0.4, -0.2) is 8.42 Å². The van der Waals surface area contributed by atoms with Gasteiger partial charge in [0.2, 0.25) is 0 Å². The molecule has 2 aromatic carbocycles. The number of nitrogens with one attached hydrogen (secondary N) is 1. The third-order valence-corrected chi connectivity index (χ3v) is 6.57. The molecule has 0 amide bonds. The van der Waals surface area contributed by atoms with Gasteiger partial charge >= 0.3 is 0 Å². The summed E-state index contributed by atoms with van der Waals surface area (Å²) in [5.41, 5.74) is 7.35. The normalized spacial score (nSPS) is 11.4. The number of sulfonamides is 1. The molecule has 0 spiro atoms. The van der Waals surface area contributed by atoms with E-state index in [1.807, 2.05) is 13.0 Å². The van der Waals surface area contributed by atoms with Gasteiger partial charge in [0.25, 0.3) is 10.0 Å². The van der Waals surface area contributed by atoms with Gasteiger partial charge < -0.3 is 5.73 Å². The van der Waals surface area contributed by atoms with Gasteiger partial charge in [-0.05, 0) is 62.5 Å². The Kier molecular flexibility index (Phi) is 4.87. The molecule has 2 rings (SSSR count). The summed E-state index contributed by atoms with van der Waals surface area (Å²) in [5.74, 6) is 0. The summed E-state index contributed by atoms with van der Waals surface area (Å²) in [6.45, 7) is 1.87. The van der Waals surface area contributed by atoms with Crippen molar-refractivity contribution >= 4 is 64.9 Å². The molecule has 0 aliphatic heterocycles. The van der Waals surface area contributed by atoms with Crippen LogP contribution in [0.15, 0.2) is 44.2 Å². The summed E-state index contributed by atoms with van der Waals surface area (Å²) in [6.07, 6.45) is 0. The number of hydrogen-bond donors (Lipinski definition) is 2. The van der Waals surface area contributed by atoms with E-state index in [0.717, 1.165) is 5.56 Å². The second-order valence-corrected chi connectivity index (χ2v) is 8.02. The van der Waals surface area contributed by atoms with E-state index >= 15 is 0 Å². The molecule has 0 aliphatic carbocycles. The highest BCUT2D eigenvalue weighted by atomic mass is 79.9. The van der Waals surface area contributed by atoms with E-state index in [0.29, 0.717) is 10.2 Å². The molecule has 0 fully saturated rings. The van der Waals surface area contributed by atoms with Gasteiger partial charge in [0.15, 0.2) is 0 Å². The first-order valence-corrected chi connectivity index (χ1v) is 9.19. The van der Waals surface area contributed by atoms with Crippen LogP contribution in [0.3, 0.4) is 0 Å². The van der Waals surface area contributed by atoms with E-state index in [1.165, 1.54) is 12.1 Å². The fourth-order valence-corrected chi connectivity index (χ4v) is 4.57. The van der Waals surface area contributed by atoms with E-state index in [2.05, 4.69) is 36.6 Å². The van der Waals surface area contributed by atoms with Gasteiger partial charge in [-0.15, -0.1) is 0 Å². The number of benzene rings is 2. The Bertz CT molecular complexity index is 810. The summed E-state index contributed by atoms with van der Waals surface area (Å²) in [4.78, 5) is -0.0130. The Labute approximate surface area is 145 Å². The Morgan fingerprint density at radius 1 is 1.19 bits per heavy atom. The van der Waals surface area contributed by atoms with Crippen molar-refractivity contribution in [2.75, 3.05) is 10.5 Å². The molecule has 0 saturated heterocycles. The van der Waals surface area contributed by atoms with Crippen LogP contribution in [0, 0.1) is 6.92 Å². The molecule has 0 aromatic heterocycles. The first-order chi connectivity index (χ1) is 9.72. The number of anilines is 2. The van der Waals surface area contributed by atoms with Crippen LogP contribution in [0.2, 0.25) is 5.02 Å². The maximum atomic E-state index is 12.5. The third kappa shape index (κ3) is 3.53. The predicted molar refractivity (Wildman–Crippen MR) is 93.3 cm³/mol. The molecular formula is C13H11Br2ClN2O2S. The number of hydrogen-bond acceptors (Lipinski definition) is 3. The van der Waals surface area contributed by atoms with Crippen molar-refractivity contribution in [1.29, 1.82) is 0 Å². The lowest BCUT2D eigenvalue weighted by molar-refractivity contribution is 0.601. The molecular weight excluding hydrogens is 443 g/mol. The Balaban J connectivity index is 2.51.